The molecular weight excluding hydrogens is 332 g/mol. The lowest BCUT2D eigenvalue weighted by atomic mass is 9.98. The third-order valence-corrected chi connectivity index (χ3v) is 6.27. The molecule has 2 fully saturated rings. The van der Waals surface area contributed by atoms with Crippen molar-refractivity contribution in [3.63, 3.8) is 0 Å². The van der Waals surface area contributed by atoms with Crippen LogP contribution in [0, 0.1) is 19.8 Å². The molecule has 0 N–H and O–H groups in total. The Morgan fingerprint density at radius 2 is 1.85 bits per heavy atom. The van der Waals surface area contributed by atoms with Crippen LogP contribution in [0.5, 0.6) is 0 Å². The Labute approximate surface area is 162 Å². The fraction of sp³-hybridized carbons (Fsp3) is 0.500. The van der Waals surface area contributed by atoms with Crippen LogP contribution in [-0.2, 0) is 11.2 Å². The van der Waals surface area contributed by atoms with Gasteiger partial charge in [-0.25, -0.2) is 0 Å². The lowest BCUT2D eigenvalue weighted by Crippen LogP contribution is -2.35. The summed E-state index contributed by atoms with van der Waals surface area (Å²) in [4.78, 5) is 20.0. The molecule has 0 bridgehead atoms. The first-order chi connectivity index (χ1) is 13.1. The number of carbonyl (C=O) groups is 1. The van der Waals surface area contributed by atoms with Crippen molar-refractivity contribution < 1.29 is 4.79 Å². The molecular formula is C24H30N2O. The highest BCUT2D eigenvalue weighted by molar-refractivity contribution is 5.79. The molecule has 1 atom stereocenters. The minimum atomic E-state index is 0.161. The molecule has 2 aromatic rings. The van der Waals surface area contributed by atoms with Gasteiger partial charge in [-0.05, 0) is 74.8 Å². The number of nitrogens with zero attached hydrogens (tertiary/aromatic N) is 2. The molecule has 1 saturated heterocycles. The summed E-state index contributed by atoms with van der Waals surface area (Å²) in [6.45, 7) is 5.13. The number of aryl methyl sites for hydroxylation is 2. The van der Waals surface area contributed by atoms with Crippen LogP contribution in [0.2, 0.25) is 0 Å². The van der Waals surface area contributed by atoms with Gasteiger partial charge in [0.15, 0.2) is 0 Å². The van der Waals surface area contributed by atoms with E-state index in [9.17, 15) is 4.79 Å². The van der Waals surface area contributed by atoms with Crippen molar-refractivity contribution in [2.24, 2.45) is 5.92 Å². The minimum absolute atomic E-state index is 0.161. The van der Waals surface area contributed by atoms with Gasteiger partial charge < -0.3 is 4.90 Å². The number of benzene rings is 1. The van der Waals surface area contributed by atoms with E-state index in [2.05, 4.69) is 55.1 Å². The van der Waals surface area contributed by atoms with Crippen LogP contribution in [0.4, 0.5) is 0 Å². The minimum Gasteiger partial charge on any atom is -0.334 e. The maximum absolute atomic E-state index is 13.0. The quantitative estimate of drug-likeness (QED) is 0.754. The van der Waals surface area contributed by atoms with E-state index < -0.39 is 0 Å². The first kappa shape index (κ1) is 18.2. The van der Waals surface area contributed by atoms with Gasteiger partial charge in [0, 0.05) is 18.2 Å². The molecule has 0 radical (unpaired) electrons. The second-order valence-electron chi connectivity index (χ2n) is 8.32. The van der Waals surface area contributed by atoms with E-state index in [1.165, 1.54) is 29.5 Å². The Kier molecular flexibility index (Phi) is 5.29. The highest BCUT2D eigenvalue weighted by Crippen LogP contribution is 2.36. The monoisotopic (exact) mass is 362 g/mol. The van der Waals surface area contributed by atoms with E-state index in [1.54, 1.807) is 0 Å². The Bertz CT molecular complexity index is 823. The molecule has 27 heavy (non-hydrogen) atoms. The summed E-state index contributed by atoms with van der Waals surface area (Å²) in [6.07, 6.45) is 7.61. The lowest BCUT2D eigenvalue weighted by Gasteiger charge is -2.27. The average Bonchev–Trinajstić information content (AvgIpc) is 3.35. The van der Waals surface area contributed by atoms with Crippen LogP contribution in [0.25, 0.3) is 0 Å². The van der Waals surface area contributed by atoms with Crippen molar-refractivity contribution in [1.29, 1.82) is 0 Å². The first-order valence-corrected chi connectivity index (χ1v) is 10.4. The van der Waals surface area contributed by atoms with Crippen LogP contribution >= 0.6 is 0 Å². The third-order valence-electron chi connectivity index (χ3n) is 6.27. The van der Waals surface area contributed by atoms with E-state index in [1.807, 2.05) is 0 Å². The highest BCUT2D eigenvalue weighted by atomic mass is 16.2. The zero-order valence-corrected chi connectivity index (χ0v) is 16.6. The molecule has 1 aliphatic heterocycles. The van der Waals surface area contributed by atoms with Gasteiger partial charge in [-0.2, -0.15) is 0 Å². The molecule has 1 unspecified atom stereocenters. The summed E-state index contributed by atoms with van der Waals surface area (Å²) < 4.78 is 0. The fourth-order valence-corrected chi connectivity index (χ4v) is 4.81. The van der Waals surface area contributed by atoms with Gasteiger partial charge in [0.1, 0.15) is 0 Å². The van der Waals surface area contributed by atoms with Gasteiger partial charge in [0.2, 0.25) is 5.91 Å². The van der Waals surface area contributed by atoms with Crippen LogP contribution in [0.1, 0.15) is 72.6 Å². The Balaban J connectivity index is 1.58. The second kappa shape index (κ2) is 7.84. The number of likely N-dealkylation sites (tertiary alicyclic amines) is 1. The predicted octanol–water partition coefficient (Wildman–Crippen LogP) is 5.14. The van der Waals surface area contributed by atoms with Crippen molar-refractivity contribution in [3.05, 3.63) is 64.5 Å². The summed E-state index contributed by atoms with van der Waals surface area (Å²) in [7, 11) is 0. The van der Waals surface area contributed by atoms with E-state index in [0.717, 1.165) is 50.0 Å². The molecule has 2 aliphatic rings. The molecule has 3 heteroatoms. The van der Waals surface area contributed by atoms with Gasteiger partial charge in [0.05, 0.1) is 11.7 Å². The van der Waals surface area contributed by atoms with E-state index in [-0.39, 0.29) is 12.0 Å². The second-order valence-corrected chi connectivity index (χ2v) is 8.32. The van der Waals surface area contributed by atoms with Gasteiger partial charge in [-0.15, -0.1) is 0 Å². The Morgan fingerprint density at radius 3 is 2.63 bits per heavy atom. The van der Waals surface area contributed by atoms with Gasteiger partial charge in [0.25, 0.3) is 0 Å². The number of carbonyl (C=O) groups excluding carboxylic acids is 1. The van der Waals surface area contributed by atoms with Crippen LogP contribution in [0.3, 0.4) is 0 Å². The molecule has 142 valence electrons. The highest BCUT2D eigenvalue weighted by Gasteiger charge is 2.35. The van der Waals surface area contributed by atoms with Crippen LogP contribution in [-0.4, -0.2) is 22.3 Å². The summed E-state index contributed by atoms with van der Waals surface area (Å²) in [6, 6.07) is 13.2. The number of amides is 1. The maximum atomic E-state index is 13.0. The van der Waals surface area contributed by atoms with Gasteiger partial charge in [-0.3, -0.25) is 9.78 Å². The van der Waals surface area contributed by atoms with Crippen molar-refractivity contribution in [2.75, 3.05) is 6.54 Å². The van der Waals surface area contributed by atoms with Crippen molar-refractivity contribution in [2.45, 2.75) is 64.8 Å². The molecule has 1 amide bonds. The largest absolute Gasteiger partial charge is 0.334 e. The molecule has 1 aliphatic carbocycles. The molecule has 1 aromatic heterocycles. The summed E-state index contributed by atoms with van der Waals surface area (Å²) >= 11 is 0. The SMILES string of the molecule is Cc1cc(Cc2ccccc2C)cc(C2CCCN2C(=O)C2CCCC2)n1. The molecule has 0 spiro atoms. The number of hydrogen-bond donors (Lipinski definition) is 0. The van der Waals surface area contributed by atoms with Crippen molar-refractivity contribution in [3.8, 4) is 0 Å². The van der Waals surface area contributed by atoms with Gasteiger partial charge >= 0.3 is 0 Å². The zero-order chi connectivity index (χ0) is 18.8. The van der Waals surface area contributed by atoms with E-state index in [4.69, 9.17) is 4.98 Å². The number of aromatic nitrogens is 1. The summed E-state index contributed by atoms with van der Waals surface area (Å²) in [5.41, 5.74) is 6.12. The number of rotatable bonds is 4. The molecule has 2 heterocycles. The average molecular weight is 363 g/mol. The van der Waals surface area contributed by atoms with Crippen molar-refractivity contribution in [1.82, 2.24) is 9.88 Å². The maximum Gasteiger partial charge on any atom is 0.226 e. The molecule has 4 rings (SSSR count). The van der Waals surface area contributed by atoms with Crippen molar-refractivity contribution >= 4 is 5.91 Å². The van der Waals surface area contributed by atoms with Crippen LogP contribution < -0.4 is 0 Å². The number of hydrogen-bond acceptors (Lipinski definition) is 2. The molecule has 1 saturated carbocycles. The fourth-order valence-electron chi connectivity index (χ4n) is 4.81. The summed E-state index contributed by atoms with van der Waals surface area (Å²) in [5, 5.41) is 0. The molecule has 3 nitrogen and oxygen atoms in total. The smallest absolute Gasteiger partial charge is 0.226 e. The van der Waals surface area contributed by atoms with Crippen LogP contribution in [0.15, 0.2) is 36.4 Å². The summed E-state index contributed by atoms with van der Waals surface area (Å²) in [5.74, 6) is 0.626. The van der Waals surface area contributed by atoms with Gasteiger partial charge in [-0.1, -0.05) is 37.1 Å². The van der Waals surface area contributed by atoms with E-state index >= 15 is 0 Å². The lowest BCUT2D eigenvalue weighted by molar-refractivity contribution is -0.136. The molecule has 1 aromatic carbocycles. The third kappa shape index (κ3) is 3.92. The zero-order valence-electron chi connectivity index (χ0n) is 16.6. The predicted molar refractivity (Wildman–Crippen MR) is 109 cm³/mol. The standard InChI is InChI=1S/C24H30N2O/c1-17-8-3-4-11-21(17)15-19-14-18(2)25-22(16-19)23-12-7-13-26(23)24(27)20-9-5-6-10-20/h3-4,8,11,14,16,20,23H,5-7,9-10,12-13,15H2,1-2H3. The topological polar surface area (TPSA) is 33.2 Å². The number of pyridine rings is 1. The Morgan fingerprint density at radius 1 is 1.07 bits per heavy atom. The normalized spacial score (nSPS) is 20.4. The van der Waals surface area contributed by atoms with E-state index in [0.29, 0.717) is 5.91 Å². The Hall–Kier alpha value is -2.16. The first-order valence-electron chi connectivity index (χ1n) is 10.4.